The quantitative estimate of drug-likeness (QED) is 0.601. The third kappa shape index (κ3) is 2.53. The fourth-order valence-electron chi connectivity index (χ4n) is 1.37. The molecule has 2 atom stereocenters. The first-order chi connectivity index (χ1) is 5.36. The van der Waals surface area contributed by atoms with Crippen molar-refractivity contribution in [1.29, 1.82) is 0 Å². The van der Waals surface area contributed by atoms with E-state index in [4.69, 9.17) is 11.2 Å². The molecule has 2 heteroatoms. The van der Waals surface area contributed by atoms with Crippen LogP contribution in [-0.4, -0.2) is 26.3 Å². The summed E-state index contributed by atoms with van der Waals surface area (Å²) in [6, 6.07) is 0.224. The van der Waals surface area contributed by atoms with Crippen LogP contribution in [0.5, 0.6) is 0 Å². The van der Waals surface area contributed by atoms with Gasteiger partial charge in [-0.25, -0.2) is 0 Å². The predicted molar refractivity (Wildman–Crippen MR) is 45.2 cm³/mol. The van der Waals surface area contributed by atoms with Crippen LogP contribution in [0, 0.1) is 18.3 Å². The Morgan fingerprint density at radius 1 is 1.82 bits per heavy atom. The van der Waals surface area contributed by atoms with Gasteiger partial charge in [-0.15, -0.1) is 6.42 Å². The van der Waals surface area contributed by atoms with Crippen LogP contribution in [0.2, 0.25) is 0 Å². The summed E-state index contributed by atoms with van der Waals surface area (Å²) < 4.78 is 5.25. The highest BCUT2D eigenvalue weighted by atomic mass is 16.5. The first-order valence-electron chi connectivity index (χ1n) is 4.08. The predicted octanol–water partition coefficient (Wildman–Crippen LogP) is 0.634. The summed E-state index contributed by atoms with van der Waals surface area (Å²) in [5.74, 6) is 3.38. The molecule has 0 saturated carbocycles. The van der Waals surface area contributed by atoms with E-state index in [0.717, 1.165) is 19.6 Å². The zero-order chi connectivity index (χ0) is 8.10. The Morgan fingerprint density at radius 3 is 3.09 bits per heavy atom. The summed E-state index contributed by atoms with van der Waals surface area (Å²) in [4.78, 5) is 0. The Kier molecular flexibility index (Phi) is 3.41. The molecule has 1 heterocycles. The summed E-state index contributed by atoms with van der Waals surface area (Å²) in [5.41, 5.74) is 0. The molecule has 62 valence electrons. The van der Waals surface area contributed by atoms with Gasteiger partial charge >= 0.3 is 0 Å². The molecule has 1 rings (SSSR count). The van der Waals surface area contributed by atoms with Gasteiger partial charge in [0.2, 0.25) is 0 Å². The van der Waals surface area contributed by atoms with Crippen LogP contribution in [-0.2, 0) is 4.74 Å². The van der Waals surface area contributed by atoms with E-state index in [1.165, 1.54) is 6.42 Å². The Bertz CT molecular complexity index is 144. The van der Waals surface area contributed by atoms with Gasteiger partial charge < -0.3 is 10.1 Å². The van der Waals surface area contributed by atoms with Crippen LogP contribution in [0.3, 0.4) is 0 Å². The van der Waals surface area contributed by atoms with Crippen molar-refractivity contribution in [3.8, 4) is 12.3 Å². The molecule has 0 spiro atoms. The molecule has 0 amide bonds. The molecule has 0 aliphatic carbocycles. The molecular formula is C9H15NO. The highest BCUT2D eigenvalue weighted by Gasteiger charge is 2.18. The van der Waals surface area contributed by atoms with Crippen molar-refractivity contribution in [2.75, 3.05) is 20.3 Å². The van der Waals surface area contributed by atoms with Crippen LogP contribution in [0.4, 0.5) is 0 Å². The molecule has 1 saturated heterocycles. The summed E-state index contributed by atoms with van der Waals surface area (Å²) in [5, 5.41) is 3.09. The zero-order valence-corrected chi connectivity index (χ0v) is 6.97. The van der Waals surface area contributed by atoms with Crippen LogP contribution < -0.4 is 5.32 Å². The minimum atomic E-state index is 0.224. The standard InChI is InChI=1S/C9H15NO/c1-3-9(10-2)6-8-4-5-11-7-8/h1,8-10H,4-7H2,2H3. The highest BCUT2D eigenvalue weighted by molar-refractivity contribution is 4.99. The molecule has 1 aliphatic rings. The molecule has 0 aromatic heterocycles. The molecular weight excluding hydrogens is 138 g/mol. The van der Waals surface area contributed by atoms with Crippen LogP contribution in [0.15, 0.2) is 0 Å². The maximum absolute atomic E-state index is 5.31. The molecule has 2 unspecified atom stereocenters. The summed E-state index contributed by atoms with van der Waals surface area (Å²) >= 11 is 0. The van der Waals surface area contributed by atoms with E-state index in [9.17, 15) is 0 Å². The van der Waals surface area contributed by atoms with E-state index in [0.29, 0.717) is 5.92 Å². The topological polar surface area (TPSA) is 21.3 Å². The Balaban J connectivity index is 2.23. The minimum absolute atomic E-state index is 0.224. The summed E-state index contributed by atoms with van der Waals surface area (Å²) in [7, 11) is 1.90. The van der Waals surface area contributed by atoms with E-state index in [2.05, 4.69) is 11.2 Å². The van der Waals surface area contributed by atoms with Crippen molar-refractivity contribution in [1.82, 2.24) is 5.32 Å². The molecule has 0 aromatic carbocycles. The highest BCUT2D eigenvalue weighted by Crippen LogP contribution is 2.17. The lowest BCUT2D eigenvalue weighted by atomic mass is 10.00. The number of nitrogens with one attached hydrogen (secondary N) is 1. The Labute approximate surface area is 68.3 Å². The third-order valence-electron chi connectivity index (χ3n) is 2.14. The molecule has 1 N–H and O–H groups in total. The first-order valence-corrected chi connectivity index (χ1v) is 4.08. The fourth-order valence-corrected chi connectivity index (χ4v) is 1.37. The number of hydrogen-bond donors (Lipinski definition) is 1. The summed E-state index contributed by atoms with van der Waals surface area (Å²) in [6.07, 6.45) is 7.52. The van der Waals surface area contributed by atoms with Crippen molar-refractivity contribution in [3.63, 3.8) is 0 Å². The number of ether oxygens (including phenoxy) is 1. The van der Waals surface area contributed by atoms with Crippen molar-refractivity contribution in [2.24, 2.45) is 5.92 Å². The van der Waals surface area contributed by atoms with Crippen LogP contribution in [0.1, 0.15) is 12.8 Å². The van der Waals surface area contributed by atoms with Gasteiger partial charge in [-0.1, -0.05) is 5.92 Å². The molecule has 0 aromatic rings. The smallest absolute Gasteiger partial charge is 0.0688 e. The Morgan fingerprint density at radius 2 is 2.64 bits per heavy atom. The van der Waals surface area contributed by atoms with E-state index in [1.807, 2.05) is 7.05 Å². The number of rotatable bonds is 3. The van der Waals surface area contributed by atoms with Crippen molar-refractivity contribution < 1.29 is 4.74 Å². The zero-order valence-electron chi connectivity index (χ0n) is 6.97. The van der Waals surface area contributed by atoms with Crippen LogP contribution in [0.25, 0.3) is 0 Å². The molecule has 11 heavy (non-hydrogen) atoms. The summed E-state index contributed by atoms with van der Waals surface area (Å²) in [6.45, 7) is 1.80. The van der Waals surface area contributed by atoms with Crippen molar-refractivity contribution in [3.05, 3.63) is 0 Å². The SMILES string of the molecule is C#CC(CC1CCOC1)NC. The maximum atomic E-state index is 5.31. The molecule has 2 nitrogen and oxygen atoms in total. The second-order valence-corrected chi connectivity index (χ2v) is 2.97. The second kappa shape index (κ2) is 4.38. The third-order valence-corrected chi connectivity index (χ3v) is 2.14. The fraction of sp³-hybridized carbons (Fsp3) is 0.778. The van der Waals surface area contributed by atoms with Crippen molar-refractivity contribution >= 4 is 0 Å². The van der Waals surface area contributed by atoms with Gasteiger partial charge in [0.05, 0.1) is 6.04 Å². The van der Waals surface area contributed by atoms with E-state index >= 15 is 0 Å². The molecule has 1 fully saturated rings. The average Bonchev–Trinajstić information content (AvgIpc) is 2.52. The average molecular weight is 153 g/mol. The molecule has 0 bridgehead atoms. The van der Waals surface area contributed by atoms with Gasteiger partial charge in [-0.05, 0) is 25.8 Å². The lowest BCUT2D eigenvalue weighted by Gasteiger charge is -2.12. The lowest BCUT2D eigenvalue weighted by molar-refractivity contribution is 0.183. The van der Waals surface area contributed by atoms with Gasteiger partial charge in [-0.2, -0.15) is 0 Å². The van der Waals surface area contributed by atoms with Gasteiger partial charge in [0.1, 0.15) is 0 Å². The van der Waals surface area contributed by atoms with Crippen LogP contribution >= 0.6 is 0 Å². The Hall–Kier alpha value is -0.520. The van der Waals surface area contributed by atoms with E-state index in [-0.39, 0.29) is 6.04 Å². The largest absolute Gasteiger partial charge is 0.381 e. The van der Waals surface area contributed by atoms with Gasteiger partial charge in [0.15, 0.2) is 0 Å². The molecule has 0 radical (unpaired) electrons. The van der Waals surface area contributed by atoms with Gasteiger partial charge in [0, 0.05) is 13.2 Å². The monoisotopic (exact) mass is 153 g/mol. The second-order valence-electron chi connectivity index (χ2n) is 2.97. The normalized spacial score (nSPS) is 26.4. The first kappa shape index (κ1) is 8.58. The maximum Gasteiger partial charge on any atom is 0.0688 e. The van der Waals surface area contributed by atoms with E-state index in [1.54, 1.807) is 0 Å². The number of hydrogen-bond acceptors (Lipinski definition) is 2. The van der Waals surface area contributed by atoms with Gasteiger partial charge in [-0.3, -0.25) is 0 Å². The van der Waals surface area contributed by atoms with E-state index < -0.39 is 0 Å². The van der Waals surface area contributed by atoms with Crippen molar-refractivity contribution in [2.45, 2.75) is 18.9 Å². The molecule has 1 aliphatic heterocycles. The lowest BCUT2D eigenvalue weighted by Crippen LogP contribution is -2.26. The van der Waals surface area contributed by atoms with Gasteiger partial charge in [0.25, 0.3) is 0 Å². The minimum Gasteiger partial charge on any atom is -0.381 e. The number of terminal acetylenes is 1.